The first-order valence-corrected chi connectivity index (χ1v) is 4.80. The summed E-state index contributed by atoms with van der Waals surface area (Å²) in [7, 11) is 2.00. The predicted molar refractivity (Wildman–Crippen MR) is 55.9 cm³/mol. The van der Waals surface area contributed by atoms with Gasteiger partial charge in [-0.3, -0.25) is 0 Å². The second-order valence-corrected chi connectivity index (χ2v) is 3.21. The predicted octanol–water partition coefficient (Wildman–Crippen LogP) is 1.08. The molecule has 0 amide bonds. The van der Waals surface area contributed by atoms with E-state index in [0.29, 0.717) is 0 Å². The summed E-state index contributed by atoms with van der Waals surface area (Å²) in [6, 6.07) is 3.89. The monoisotopic (exact) mass is 190 g/mol. The Kier molecular flexibility index (Phi) is 2.45. The SMILES string of the molecule is CCNCc1nc2cccnc2n1C. The number of aryl methyl sites for hydroxylation is 1. The highest BCUT2D eigenvalue weighted by Gasteiger charge is 2.06. The number of hydrogen-bond donors (Lipinski definition) is 1. The van der Waals surface area contributed by atoms with Gasteiger partial charge in [0.1, 0.15) is 11.3 Å². The third kappa shape index (κ3) is 1.48. The van der Waals surface area contributed by atoms with Crippen LogP contribution in [-0.2, 0) is 13.6 Å². The van der Waals surface area contributed by atoms with Gasteiger partial charge in [0, 0.05) is 13.2 Å². The Bertz CT molecular complexity index is 433. The van der Waals surface area contributed by atoms with Crippen LogP contribution in [0.4, 0.5) is 0 Å². The first kappa shape index (κ1) is 9.15. The van der Waals surface area contributed by atoms with Gasteiger partial charge in [0.05, 0.1) is 6.54 Å². The summed E-state index contributed by atoms with van der Waals surface area (Å²) in [5.41, 5.74) is 1.91. The Morgan fingerprint density at radius 2 is 2.36 bits per heavy atom. The van der Waals surface area contributed by atoms with E-state index in [0.717, 1.165) is 30.1 Å². The van der Waals surface area contributed by atoms with Crippen LogP contribution in [-0.4, -0.2) is 21.1 Å². The van der Waals surface area contributed by atoms with E-state index in [2.05, 4.69) is 22.2 Å². The lowest BCUT2D eigenvalue weighted by Crippen LogP contribution is -2.15. The second kappa shape index (κ2) is 3.75. The molecule has 0 aliphatic heterocycles. The maximum atomic E-state index is 4.49. The van der Waals surface area contributed by atoms with Crippen LogP contribution in [0.1, 0.15) is 12.7 Å². The van der Waals surface area contributed by atoms with Crippen LogP contribution < -0.4 is 5.32 Å². The summed E-state index contributed by atoms with van der Waals surface area (Å²) in [4.78, 5) is 8.77. The average Bonchev–Trinajstić information content (AvgIpc) is 2.54. The van der Waals surface area contributed by atoms with Crippen LogP contribution in [0.2, 0.25) is 0 Å². The zero-order valence-corrected chi connectivity index (χ0v) is 8.49. The molecule has 0 unspecified atom stereocenters. The number of hydrogen-bond acceptors (Lipinski definition) is 3. The van der Waals surface area contributed by atoms with Crippen LogP contribution in [0, 0.1) is 0 Å². The largest absolute Gasteiger partial charge is 0.315 e. The van der Waals surface area contributed by atoms with Gasteiger partial charge < -0.3 is 9.88 Å². The molecular formula is C10H14N4. The first-order chi connectivity index (χ1) is 6.83. The van der Waals surface area contributed by atoms with E-state index in [4.69, 9.17) is 0 Å². The van der Waals surface area contributed by atoms with Crippen LogP contribution >= 0.6 is 0 Å². The average molecular weight is 190 g/mol. The number of rotatable bonds is 3. The summed E-state index contributed by atoms with van der Waals surface area (Å²) < 4.78 is 2.03. The van der Waals surface area contributed by atoms with Gasteiger partial charge in [-0.05, 0) is 18.7 Å². The normalized spacial score (nSPS) is 11.0. The minimum absolute atomic E-state index is 0.795. The van der Waals surface area contributed by atoms with Crippen molar-refractivity contribution in [2.45, 2.75) is 13.5 Å². The van der Waals surface area contributed by atoms with Gasteiger partial charge in [-0.2, -0.15) is 0 Å². The molecule has 4 heteroatoms. The smallest absolute Gasteiger partial charge is 0.159 e. The fourth-order valence-electron chi connectivity index (χ4n) is 1.47. The van der Waals surface area contributed by atoms with Crippen molar-refractivity contribution >= 4 is 11.2 Å². The molecule has 0 aliphatic rings. The van der Waals surface area contributed by atoms with E-state index in [1.54, 1.807) is 6.20 Å². The number of nitrogens with zero attached hydrogens (tertiary/aromatic N) is 3. The van der Waals surface area contributed by atoms with E-state index >= 15 is 0 Å². The van der Waals surface area contributed by atoms with E-state index in [1.165, 1.54) is 0 Å². The molecule has 0 saturated carbocycles. The highest BCUT2D eigenvalue weighted by Crippen LogP contribution is 2.10. The summed E-state index contributed by atoms with van der Waals surface area (Å²) in [6.45, 7) is 3.83. The molecule has 74 valence electrons. The van der Waals surface area contributed by atoms with Gasteiger partial charge in [-0.25, -0.2) is 9.97 Å². The van der Waals surface area contributed by atoms with Gasteiger partial charge in [-0.15, -0.1) is 0 Å². The van der Waals surface area contributed by atoms with Gasteiger partial charge in [0.15, 0.2) is 5.65 Å². The fourth-order valence-corrected chi connectivity index (χ4v) is 1.47. The Hall–Kier alpha value is -1.42. The van der Waals surface area contributed by atoms with E-state index < -0.39 is 0 Å². The molecular weight excluding hydrogens is 176 g/mol. The molecule has 2 aromatic rings. The van der Waals surface area contributed by atoms with Gasteiger partial charge in [0.2, 0.25) is 0 Å². The molecule has 0 aromatic carbocycles. The molecule has 2 rings (SSSR count). The summed E-state index contributed by atoms with van der Waals surface area (Å²) in [6.07, 6.45) is 1.79. The standard InChI is InChI=1S/C10H14N4/c1-3-11-7-9-13-8-5-4-6-12-10(8)14(9)2/h4-6,11H,3,7H2,1-2H3. The zero-order valence-electron chi connectivity index (χ0n) is 8.49. The molecule has 1 N–H and O–H groups in total. The Labute approximate surface area is 83.0 Å². The van der Waals surface area contributed by atoms with Gasteiger partial charge in [-0.1, -0.05) is 6.92 Å². The number of fused-ring (bicyclic) bond motifs is 1. The van der Waals surface area contributed by atoms with Crippen molar-refractivity contribution in [3.05, 3.63) is 24.2 Å². The molecule has 0 saturated heterocycles. The highest BCUT2D eigenvalue weighted by atomic mass is 15.1. The summed E-state index contributed by atoms with van der Waals surface area (Å²) in [5.74, 6) is 1.03. The highest BCUT2D eigenvalue weighted by molar-refractivity contribution is 5.70. The van der Waals surface area contributed by atoms with Crippen LogP contribution in [0.3, 0.4) is 0 Å². The number of aromatic nitrogens is 3. The van der Waals surface area contributed by atoms with Crippen molar-refractivity contribution in [2.75, 3.05) is 6.54 Å². The maximum absolute atomic E-state index is 4.49. The molecule has 4 nitrogen and oxygen atoms in total. The van der Waals surface area contributed by atoms with Crippen molar-refractivity contribution in [2.24, 2.45) is 7.05 Å². The number of pyridine rings is 1. The molecule has 2 aromatic heterocycles. The number of nitrogens with one attached hydrogen (secondary N) is 1. The molecule has 0 radical (unpaired) electrons. The van der Waals surface area contributed by atoms with Crippen molar-refractivity contribution in [1.29, 1.82) is 0 Å². The molecule has 0 atom stereocenters. The van der Waals surface area contributed by atoms with Crippen molar-refractivity contribution in [1.82, 2.24) is 19.9 Å². The van der Waals surface area contributed by atoms with Gasteiger partial charge >= 0.3 is 0 Å². The third-order valence-electron chi connectivity index (χ3n) is 2.25. The van der Waals surface area contributed by atoms with Crippen LogP contribution in [0.15, 0.2) is 18.3 Å². The molecule has 0 fully saturated rings. The molecule has 0 spiro atoms. The topological polar surface area (TPSA) is 42.7 Å². The summed E-state index contributed by atoms with van der Waals surface area (Å²) >= 11 is 0. The quantitative estimate of drug-likeness (QED) is 0.787. The molecule has 0 bridgehead atoms. The Morgan fingerprint density at radius 3 is 3.07 bits per heavy atom. The first-order valence-electron chi connectivity index (χ1n) is 4.80. The Morgan fingerprint density at radius 1 is 1.50 bits per heavy atom. The van der Waals surface area contributed by atoms with E-state index in [-0.39, 0.29) is 0 Å². The third-order valence-corrected chi connectivity index (χ3v) is 2.25. The minimum Gasteiger partial charge on any atom is -0.315 e. The molecule has 2 heterocycles. The van der Waals surface area contributed by atoms with Crippen molar-refractivity contribution < 1.29 is 0 Å². The lowest BCUT2D eigenvalue weighted by atomic mass is 10.4. The zero-order chi connectivity index (χ0) is 9.97. The molecule has 14 heavy (non-hydrogen) atoms. The minimum atomic E-state index is 0.795. The molecule has 0 aliphatic carbocycles. The van der Waals surface area contributed by atoms with E-state index in [1.807, 2.05) is 23.7 Å². The Balaban J connectivity index is 2.41. The van der Waals surface area contributed by atoms with Crippen LogP contribution in [0.5, 0.6) is 0 Å². The van der Waals surface area contributed by atoms with Crippen molar-refractivity contribution in [3.63, 3.8) is 0 Å². The van der Waals surface area contributed by atoms with Crippen LogP contribution in [0.25, 0.3) is 11.2 Å². The second-order valence-electron chi connectivity index (χ2n) is 3.21. The van der Waals surface area contributed by atoms with E-state index in [9.17, 15) is 0 Å². The summed E-state index contributed by atoms with van der Waals surface area (Å²) in [5, 5.41) is 3.26. The number of imidazole rings is 1. The van der Waals surface area contributed by atoms with Crippen molar-refractivity contribution in [3.8, 4) is 0 Å². The fraction of sp³-hybridized carbons (Fsp3) is 0.400. The lowest BCUT2D eigenvalue weighted by molar-refractivity contribution is 0.666. The maximum Gasteiger partial charge on any atom is 0.159 e. The van der Waals surface area contributed by atoms with Gasteiger partial charge in [0.25, 0.3) is 0 Å². The lowest BCUT2D eigenvalue weighted by Gasteiger charge is -2.01.